The number of benzene rings is 1. The van der Waals surface area contributed by atoms with Gasteiger partial charge in [-0.2, -0.15) is 5.10 Å². The lowest BCUT2D eigenvalue weighted by Crippen LogP contribution is -2.39. The fourth-order valence-corrected chi connectivity index (χ4v) is 3.54. The Labute approximate surface area is 147 Å². The second kappa shape index (κ2) is 6.70. The third-order valence-corrected chi connectivity index (χ3v) is 4.98. The van der Waals surface area contributed by atoms with Crippen molar-refractivity contribution in [2.24, 2.45) is 0 Å². The van der Waals surface area contributed by atoms with E-state index in [0.717, 1.165) is 29.5 Å². The first-order valence-electron chi connectivity index (χ1n) is 8.52. The van der Waals surface area contributed by atoms with Gasteiger partial charge >= 0.3 is 5.97 Å². The number of likely N-dealkylation sites (tertiary alicyclic amines) is 1. The molecular weight excluding hydrogens is 318 g/mol. The zero-order valence-corrected chi connectivity index (χ0v) is 14.8. The normalized spacial score (nSPS) is 15.4. The predicted molar refractivity (Wildman–Crippen MR) is 94.0 cm³/mol. The maximum atomic E-state index is 12.8. The molecule has 1 aromatic heterocycles. The molecule has 132 valence electrons. The smallest absolute Gasteiger partial charge is 0.339 e. The molecule has 0 aliphatic carbocycles. The van der Waals surface area contributed by atoms with Gasteiger partial charge in [0, 0.05) is 18.7 Å². The van der Waals surface area contributed by atoms with Gasteiger partial charge in [0.15, 0.2) is 0 Å². The molecule has 6 nitrogen and oxygen atoms in total. The molecular formula is C19H23N3O3. The third kappa shape index (κ3) is 3.29. The number of aromatic carboxylic acids is 1. The number of carbonyl (C=O) groups excluding carboxylic acids is 1. The molecule has 1 aliphatic rings. The van der Waals surface area contributed by atoms with Gasteiger partial charge in [-0.25, -0.2) is 4.79 Å². The molecule has 0 spiro atoms. The number of carboxylic acids is 1. The molecule has 1 saturated heterocycles. The summed E-state index contributed by atoms with van der Waals surface area (Å²) in [6.45, 7) is 7.07. The number of carbonyl (C=O) groups is 2. The van der Waals surface area contributed by atoms with E-state index in [9.17, 15) is 9.59 Å². The van der Waals surface area contributed by atoms with Crippen molar-refractivity contribution in [3.8, 4) is 0 Å². The van der Waals surface area contributed by atoms with E-state index in [1.807, 2.05) is 36.9 Å². The SMILES string of the molecule is Cc1ccc(C(=O)N2CCC(n3ncc(C(=O)O)c3C)CC2)c(C)c1. The number of aromatic nitrogens is 2. The van der Waals surface area contributed by atoms with Crippen LogP contribution in [0.25, 0.3) is 0 Å². The summed E-state index contributed by atoms with van der Waals surface area (Å²) in [6.07, 6.45) is 2.96. The average molecular weight is 341 g/mol. The Balaban J connectivity index is 1.69. The van der Waals surface area contributed by atoms with Gasteiger partial charge in [0.1, 0.15) is 5.56 Å². The van der Waals surface area contributed by atoms with Gasteiger partial charge in [-0.05, 0) is 45.2 Å². The van der Waals surface area contributed by atoms with Crippen molar-refractivity contribution in [3.63, 3.8) is 0 Å². The molecule has 0 bridgehead atoms. The fraction of sp³-hybridized carbons (Fsp3) is 0.421. The van der Waals surface area contributed by atoms with Crippen LogP contribution in [0.3, 0.4) is 0 Å². The van der Waals surface area contributed by atoms with Gasteiger partial charge in [-0.1, -0.05) is 17.7 Å². The molecule has 1 aliphatic heterocycles. The first kappa shape index (κ1) is 17.2. The molecule has 0 unspecified atom stereocenters. The summed E-state index contributed by atoms with van der Waals surface area (Å²) < 4.78 is 1.79. The van der Waals surface area contributed by atoms with E-state index in [2.05, 4.69) is 5.10 Å². The highest BCUT2D eigenvalue weighted by molar-refractivity contribution is 5.95. The zero-order chi connectivity index (χ0) is 18.1. The number of nitrogens with zero attached hydrogens (tertiary/aromatic N) is 3. The Kier molecular flexibility index (Phi) is 4.61. The van der Waals surface area contributed by atoms with Crippen LogP contribution in [0.1, 0.15) is 56.4 Å². The number of amides is 1. The van der Waals surface area contributed by atoms with Crippen LogP contribution >= 0.6 is 0 Å². The maximum absolute atomic E-state index is 12.8. The van der Waals surface area contributed by atoms with Crippen LogP contribution in [0.15, 0.2) is 24.4 Å². The summed E-state index contributed by atoms with van der Waals surface area (Å²) in [5, 5.41) is 13.4. The average Bonchev–Trinajstić information content (AvgIpc) is 2.96. The van der Waals surface area contributed by atoms with Gasteiger partial charge < -0.3 is 10.0 Å². The quantitative estimate of drug-likeness (QED) is 0.931. The molecule has 3 rings (SSSR count). The van der Waals surface area contributed by atoms with Crippen LogP contribution in [0, 0.1) is 20.8 Å². The zero-order valence-electron chi connectivity index (χ0n) is 14.8. The molecule has 25 heavy (non-hydrogen) atoms. The molecule has 1 amide bonds. The minimum atomic E-state index is -0.953. The summed E-state index contributed by atoms with van der Waals surface area (Å²) >= 11 is 0. The van der Waals surface area contributed by atoms with Crippen LogP contribution in [-0.4, -0.2) is 44.8 Å². The Bertz CT molecular complexity index is 817. The highest BCUT2D eigenvalue weighted by atomic mass is 16.4. The highest BCUT2D eigenvalue weighted by Gasteiger charge is 2.27. The number of hydrogen-bond acceptors (Lipinski definition) is 3. The topological polar surface area (TPSA) is 75.4 Å². The third-order valence-electron chi connectivity index (χ3n) is 4.98. The van der Waals surface area contributed by atoms with Crippen LogP contribution in [-0.2, 0) is 0 Å². The molecule has 0 atom stereocenters. The summed E-state index contributed by atoms with van der Waals surface area (Å²) in [7, 11) is 0. The summed E-state index contributed by atoms with van der Waals surface area (Å²) in [5.74, 6) is -0.884. The van der Waals surface area contributed by atoms with E-state index in [4.69, 9.17) is 5.11 Å². The van der Waals surface area contributed by atoms with E-state index in [-0.39, 0.29) is 17.5 Å². The van der Waals surface area contributed by atoms with Crippen LogP contribution < -0.4 is 0 Å². The highest BCUT2D eigenvalue weighted by Crippen LogP contribution is 2.26. The fourth-order valence-electron chi connectivity index (χ4n) is 3.54. The Hall–Kier alpha value is -2.63. The number of carboxylic acid groups (broad SMARTS) is 1. The predicted octanol–water partition coefficient (Wildman–Crippen LogP) is 2.98. The number of aryl methyl sites for hydroxylation is 2. The van der Waals surface area contributed by atoms with Crippen LogP contribution in [0.4, 0.5) is 0 Å². The van der Waals surface area contributed by atoms with E-state index in [1.165, 1.54) is 6.20 Å². The molecule has 2 aromatic rings. The lowest BCUT2D eigenvalue weighted by atomic mass is 10.0. The monoisotopic (exact) mass is 341 g/mol. The molecule has 2 heterocycles. The standard InChI is InChI=1S/C19H23N3O3/c1-12-4-5-16(13(2)10-12)18(23)21-8-6-15(7-9-21)22-14(3)17(11-20-22)19(24)25/h4-5,10-11,15H,6-9H2,1-3H3,(H,24,25). The Morgan fingerprint density at radius 1 is 1.12 bits per heavy atom. The second-order valence-corrected chi connectivity index (χ2v) is 6.74. The van der Waals surface area contributed by atoms with Gasteiger partial charge in [0.25, 0.3) is 5.91 Å². The lowest BCUT2D eigenvalue weighted by Gasteiger charge is -2.33. The van der Waals surface area contributed by atoms with E-state index in [0.29, 0.717) is 18.8 Å². The van der Waals surface area contributed by atoms with Gasteiger partial charge in [-0.15, -0.1) is 0 Å². The summed E-state index contributed by atoms with van der Waals surface area (Å²) in [4.78, 5) is 25.8. The number of hydrogen-bond donors (Lipinski definition) is 1. The minimum Gasteiger partial charge on any atom is -0.478 e. The number of piperidine rings is 1. The molecule has 1 N–H and O–H groups in total. The van der Waals surface area contributed by atoms with Crippen molar-refractivity contribution >= 4 is 11.9 Å². The van der Waals surface area contributed by atoms with Crippen molar-refractivity contribution in [2.75, 3.05) is 13.1 Å². The molecule has 1 fully saturated rings. The first-order chi connectivity index (χ1) is 11.9. The maximum Gasteiger partial charge on any atom is 0.339 e. The van der Waals surface area contributed by atoms with Crippen molar-refractivity contribution in [2.45, 2.75) is 39.7 Å². The summed E-state index contributed by atoms with van der Waals surface area (Å²) in [6, 6.07) is 6.03. The van der Waals surface area contributed by atoms with Crippen molar-refractivity contribution in [1.82, 2.24) is 14.7 Å². The van der Waals surface area contributed by atoms with E-state index < -0.39 is 5.97 Å². The number of rotatable bonds is 3. The minimum absolute atomic E-state index is 0.0689. The molecule has 6 heteroatoms. The largest absolute Gasteiger partial charge is 0.478 e. The van der Waals surface area contributed by atoms with Crippen LogP contribution in [0.2, 0.25) is 0 Å². The molecule has 1 aromatic carbocycles. The molecule has 0 saturated carbocycles. The van der Waals surface area contributed by atoms with Crippen molar-refractivity contribution in [3.05, 3.63) is 52.3 Å². The molecule has 0 radical (unpaired) electrons. The van der Waals surface area contributed by atoms with Crippen molar-refractivity contribution < 1.29 is 14.7 Å². The Morgan fingerprint density at radius 3 is 2.36 bits per heavy atom. The summed E-state index contributed by atoms with van der Waals surface area (Å²) in [5.41, 5.74) is 3.82. The first-order valence-corrected chi connectivity index (χ1v) is 8.52. The Morgan fingerprint density at radius 2 is 1.80 bits per heavy atom. The second-order valence-electron chi connectivity index (χ2n) is 6.74. The lowest BCUT2D eigenvalue weighted by molar-refractivity contribution is 0.0687. The van der Waals surface area contributed by atoms with Gasteiger partial charge in [-0.3, -0.25) is 9.48 Å². The van der Waals surface area contributed by atoms with Gasteiger partial charge in [0.2, 0.25) is 0 Å². The van der Waals surface area contributed by atoms with Crippen LogP contribution in [0.5, 0.6) is 0 Å². The van der Waals surface area contributed by atoms with E-state index in [1.54, 1.807) is 11.6 Å². The van der Waals surface area contributed by atoms with Gasteiger partial charge in [0.05, 0.1) is 17.9 Å². The van der Waals surface area contributed by atoms with E-state index >= 15 is 0 Å². The van der Waals surface area contributed by atoms with Crippen molar-refractivity contribution in [1.29, 1.82) is 0 Å².